The first-order valence-electron chi connectivity index (χ1n) is 39.8. The number of phosphoric acid groups is 2. The molecule has 0 bridgehead atoms. The number of aliphatic hydroxyl groups is 1. The summed E-state index contributed by atoms with van der Waals surface area (Å²) in [6.07, 6.45) is 60.6. The molecular formula is C78H148O17P2. The molecule has 0 aliphatic heterocycles. The van der Waals surface area contributed by atoms with Crippen molar-refractivity contribution in [3.8, 4) is 0 Å². The molecule has 0 aromatic carbocycles. The number of esters is 4. The summed E-state index contributed by atoms with van der Waals surface area (Å²) in [6.45, 7) is 9.51. The first-order valence-corrected chi connectivity index (χ1v) is 42.8. The van der Waals surface area contributed by atoms with Gasteiger partial charge in [-0.1, -0.05) is 329 Å². The van der Waals surface area contributed by atoms with E-state index in [1.54, 1.807) is 0 Å². The lowest BCUT2D eigenvalue weighted by atomic mass is 9.99. The largest absolute Gasteiger partial charge is 0.472 e. The Morgan fingerprint density at radius 1 is 0.340 bits per heavy atom. The molecule has 572 valence electrons. The quantitative estimate of drug-likeness (QED) is 0.0169. The summed E-state index contributed by atoms with van der Waals surface area (Å²) in [7, 11) is -9.92. The van der Waals surface area contributed by atoms with E-state index in [4.69, 9.17) is 37.0 Å². The zero-order valence-corrected chi connectivity index (χ0v) is 64.7. The Hall–Kier alpha value is -2.46. The summed E-state index contributed by atoms with van der Waals surface area (Å²) in [5, 5.41) is 10.6. The third-order valence-corrected chi connectivity index (χ3v) is 19.8. The predicted molar refractivity (Wildman–Crippen MR) is 395 cm³/mol. The zero-order valence-electron chi connectivity index (χ0n) is 62.9. The molecule has 0 aromatic heterocycles. The number of unbranched alkanes of at least 4 members (excludes halogenated alkanes) is 41. The van der Waals surface area contributed by atoms with Gasteiger partial charge in [0.15, 0.2) is 12.2 Å². The normalized spacial score (nSPS) is 14.4. The fourth-order valence-corrected chi connectivity index (χ4v) is 13.0. The molecule has 0 aliphatic carbocycles. The molecule has 6 atom stereocenters. The van der Waals surface area contributed by atoms with Crippen LogP contribution < -0.4 is 0 Å². The summed E-state index contributed by atoms with van der Waals surface area (Å²) >= 11 is 0. The minimum Gasteiger partial charge on any atom is -0.462 e. The maximum atomic E-state index is 13.1. The highest BCUT2D eigenvalue weighted by molar-refractivity contribution is 7.47. The fraction of sp³-hybridized carbons (Fsp3) is 0.897. The molecule has 97 heavy (non-hydrogen) atoms. The smallest absolute Gasteiger partial charge is 0.462 e. The van der Waals surface area contributed by atoms with Gasteiger partial charge in [0.2, 0.25) is 0 Å². The molecule has 0 aromatic rings. The van der Waals surface area contributed by atoms with Gasteiger partial charge < -0.3 is 33.8 Å². The van der Waals surface area contributed by atoms with Gasteiger partial charge in [-0.25, -0.2) is 9.13 Å². The Morgan fingerprint density at radius 2 is 0.608 bits per heavy atom. The highest BCUT2D eigenvalue weighted by Gasteiger charge is 2.30. The van der Waals surface area contributed by atoms with E-state index in [0.717, 1.165) is 121 Å². The lowest BCUT2D eigenvalue weighted by Gasteiger charge is -2.21. The molecule has 0 aliphatic rings. The maximum Gasteiger partial charge on any atom is 0.472 e. The lowest BCUT2D eigenvalue weighted by Crippen LogP contribution is -2.30. The minimum absolute atomic E-state index is 0.101. The minimum atomic E-state index is -4.97. The van der Waals surface area contributed by atoms with Gasteiger partial charge >= 0.3 is 39.5 Å². The van der Waals surface area contributed by atoms with Crippen molar-refractivity contribution in [1.29, 1.82) is 0 Å². The van der Waals surface area contributed by atoms with Crippen LogP contribution in [0.1, 0.15) is 382 Å². The van der Waals surface area contributed by atoms with E-state index in [0.29, 0.717) is 31.6 Å². The molecule has 3 N–H and O–H groups in total. The van der Waals surface area contributed by atoms with Crippen LogP contribution in [0.4, 0.5) is 0 Å². The molecule has 3 unspecified atom stereocenters. The zero-order chi connectivity index (χ0) is 71.4. The average molecular weight is 1420 g/mol. The highest BCUT2D eigenvalue weighted by Crippen LogP contribution is 2.45. The van der Waals surface area contributed by atoms with Crippen molar-refractivity contribution in [3.05, 3.63) is 24.3 Å². The van der Waals surface area contributed by atoms with E-state index in [-0.39, 0.29) is 25.7 Å². The van der Waals surface area contributed by atoms with E-state index in [1.807, 2.05) is 0 Å². The Balaban J connectivity index is 5.22. The number of hydrogen-bond donors (Lipinski definition) is 3. The molecule has 0 heterocycles. The van der Waals surface area contributed by atoms with Gasteiger partial charge in [0.25, 0.3) is 0 Å². The van der Waals surface area contributed by atoms with Crippen LogP contribution in [-0.4, -0.2) is 96.7 Å². The number of carbonyl (C=O) groups is 4. The number of carbonyl (C=O) groups excluding carboxylic acids is 4. The Labute approximate surface area is 592 Å². The van der Waals surface area contributed by atoms with Crippen LogP contribution >= 0.6 is 15.6 Å². The van der Waals surface area contributed by atoms with Gasteiger partial charge in [-0.15, -0.1) is 0 Å². The molecule has 0 fully saturated rings. The SMILES string of the molecule is CCCCCC/C=C\C=C/CCCCCCCC(=O)OC[C@H](COP(=O)(O)OC[C@@H](O)COP(=O)(O)OC[C@@H](COC(=O)CCCCCCCCC(C)C)OC(=O)CCCCCCCCCCCCC)OC(=O)CCCCCCCCCCCCCCCCCCCCC(C)CC. The molecule has 0 radical (unpaired) electrons. The third-order valence-electron chi connectivity index (χ3n) is 17.9. The van der Waals surface area contributed by atoms with Crippen molar-refractivity contribution in [3.63, 3.8) is 0 Å². The summed E-state index contributed by atoms with van der Waals surface area (Å²) in [5.74, 6) is -0.599. The molecule has 0 amide bonds. The van der Waals surface area contributed by atoms with E-state index in [9.17, 15) is 43.2 Å². The Morgan fingerprint density at radius 3 is 0.928 bits per heavy atom. The van der Waals surface area contributed by atoms with E-state index >= 15 is 0 Å². The number of aliphatic hydroxyl groups excluding tert-OH is 1. The van der Waals surface area contributed by atoms with Crippen LogP contribution in [0.3, 0.4) is 0 Å². The van der Waals surface area contributed by atoms with Gasteiger partial charge in [0.05, 0.1) is 26.4 Å². The molecular weight excluding hydrogens is 1270 g/mol. The number of phosphoric ester groups is 2. The van der Waals surface area contributed by atoms with Crippen molar-refractivity contribution in [1.82, 2.24) is 0 Å². The van der Waals surface area contributed by atoms with Gasteiger partial charge in [-0.05, 0) is 63.2 Å². The fourth-order valence-electron chi connectivity index (χ4n) is 11.4. The van der Waals surface area contributed by atoms with Crippen molar-refractivity contribution in [2.45, 2.75) is 400 Å². The summed E-state index contributed by atoms with van der Waals surface area (Å²) in [6, 6.07) is 0. The van der Waals surface area contributed by atoms with Crippen molar-refractivity contribution in [2.75, 3.05) is 39.6 Å². The third kappa shape index (κ3) is 70.4. The lowest BCUT2D eigenvalue weighted by molar-refractivity contribution is -0.161. The Bertz CT molecular complexity index is 1970. The van der Waals surface area contributed by atoms with Gasteiger partial charge in [0.1, 0.15) is 19.3 Å². The number of allylic oxidation sites excluding steroid dienone is 4. The highest BCUT2D eigenvalue weighted by atomic mass is 31.2. The van der Waals surface area contributed by atoms with Crippen LogP contribution in [0.25, 0.3) is 0 Å². The van der Waals surface area contributed by atoms with Gasteiger partial charge in [-0.2, -0.15) is 0 Å². The summed E-state index contributed by atoms with van der Waals surface area (Å²) in [4.78, 5) is 72.7. The molecule has 17 nitrogen and oxygen atoms in total. The number of ether oxygens (including phenoxy) is 4. The predicted octanol–water partition coefficient (Wildman–Crippen LogP) is 22.7. The van der Waals surface area contributed by atoms with Gasteiger partial charge in [0, 0.05) is 25.7 Å². The second kappa shape index (κ2) is 69.3. The van der Waals surface area contributed by atoms with Crippen LogP contribution in [-0.2, 0) is 65.4 Å². The topological polar surface area (TPSA) is 237 Å². The molecule has 0 saturated heterocycles. The number of hydrogen-bond acceptors (Lipinski definition) is 15. The van der Waals surface area contributed by atoms with Crippen LogP contribution in [0.15, 0.2) is 24.3 Å². The molecule has 0 saturated carbocycles. The first-order chi connectivity index (χ1) is 46.9. The second-order valence-electron chi connectivity index (χ2n) is 28.1. The molecule has 19 heteroatoms. The maximum absolute atomic E-state index is 13.1. The van der Waals surface area contributed by atoms with E-state index < -0.39 is 97.5 Å². The number of rotatable bonds is 75. The van der Waals surface area contributed by atoms with Crippen molar-refractivity contribution in [2.24, 2.45) is 11.8 Å². The van der Waals surface area contributed by atoms with Crippen LogP contribution in [0.2, 0.25) is 0 Å². The van der Waals surface area contributed by atoms with E-state index in [2.05, 4.69) is 65.8 Å². The standard InChI is InChI=1S/C78H148O17P2/c1-7-10-12-14-16-18-20-21-26-30-34-37-41-48-54-60-75(80)88-66-73(94-78(83)63-57-51-43-39-35-31-28-25-23-22-24-27-29-33-36-40-47-53-59-71(6)9-3)68-92-96(84,85)90-64-72(79)65-91-97(86,87)93-69-74(67-89-76(81)61-55-49-45-44-46-52-58-70(4)5)95-77(82)62-56-50-42-38-32-19-17-15-13-11-8-2/h18,20-21,26,70-74,79H,7-17,19,22-25,27-69H2,1-6H3,(H,84,85)(H,86,87)/b20-18-,26-21-/t71?,72-,73-,74-/m1/s1. The van der Waals surface area contributed by atoms with Crippen molar-refractivity contribution < 1.29 is 80.2 Å². The summed E-state index contributed by atoms with van der Waals surface area (Å²) in [5.41, 5.74) is 0. The molecule has 0 spiro atoms. The Kier molecular flexibility index (Phi) is 67.5. The summed E-state index contributed by atoms with van der Waals surface area (Å²) < 4.78 is 68.4. The van der Waals surface area contributed by atoms with Crippen LogP contribution in [0, 0.1) is 11.8 Å². The second-order valence-corrected chi connectivity index (χ2v) is 31.0. The monoisotopic (exact) mass is 1420 g/mol. The first kappa shape index (κ1) is 94.5. The van der Waals surface area contributed by atoms with Crippen molar-refractivity contribution >= 4 is 39.5 Å². The molecule has 0 rings (SSSR count). The van der Waals surface area contributed by atoms with Gasteiger partial charge in [-0.3, -0.25) is 37.3 Å². The van der Waals surface area contributed by atoms with Crippen LogP contribution in [0.5, 0.6) is 0 Å². The van der Waals surface area contributed by atoms with E-state index in [1.165, 1.54) is 173 Å². The average Bonchev–Trinajstić information content (AvgIpc) is 1.53.